The van der Waals surface area contributed by atoms with Crippen LogP contribution in [0.1, 0.15) is 38.2 Å². The van der Waals surface area contributed by atoms with Crippen LogP contribution in [-0.4, -0.2) is 25.0 Å². The molecule has 0 fully saturated rings. The second-order valence-electron chi connectivity index (χ2n) is 4.80. The molecular formula is C15H26BrN. The van der Waals surface area contributed by atoms with Gasteiger partial charge >= 0.3 is 0 Å². The third-order valence-electron chi connectivity index (χ3n) is 3.19. The highest BCUT2D eigenvalue weighted by Gasteiger charge is 2.11. The SMILES string of the molecule is Br.CCCCCC(Cc1ccccc1)N(C)C. The van der Waals surface area contributed by atoms with Crippen LogP contribution in [0.5, 0.6) is 0 Å². The molecule has 0 saturated carbocycles. The van der Waals surface area contributed by atoms with Crippen molar-refractivity contribution in [3.63, 3.8) is 0 Å². The highest BCUT2D eigenvalue weighted by atomic mass is 79.9. The van der Waals surface area contributed by atoms with Crippen molar-refractivity contribution in [2.45, 2.75) is 45.1 Å². The number of halogens is 1. The molecule has 1 nitrogen and oxygen atoms in total. The predicted molar refractivity (Wildman–Crippen MR) is 82.1 cm³/mol. The molecule has 2 heteroatoms. The molecule has 0 spiro atoms. The Morgan fingerprint density at radius 3 is 2.24 bits per heavy atom. The van der Waals surface area contributed by atoms with Crippen LogP contribution in [0.15, 0.2) is 30.3 Å². The molecule has 98 valence electrons. The van der Waals surface area contributed by atoms with E-state index in [4.69, 9.17) is 0 Å². The number of nitrogens with zero attached hydrogens (tertiary/aromatic N) is 1. The van der Waals surface area contributed by atoms with E-state index in [0.717, 1.165) is 0 Å². The van der Waals surface area contributed by atoms with Gasteiger partial charge in [0.2, 0.25) is 0 Å². The second-order valence-corrected chi connectivity index (χ2v) is 4.80. The topological polar surface area (TPSA) is 3.24 Å². The average molecular weight is 300 g/mol. The van der Waals surface area contributed by atoms with E-state index >= 15 is 0 Å². The van der Waals surface area contributed by atoms with E-state index < -0.39 is 0 Å². The van der Waals surface area contributed by atoms with Crippen molar-refractivity contribution in [2.75, 3.05) is 14.1 Å². The van der Waals surface area contributed by atoms with Crippen molar-refractivity contribution in [2.24, 2.45) is 0 Å². The van der Waals surface area contributed by atoms with Crippen LogP contribution in [0, 0.1) is 0 Å². The zero-order valence-electron chi connectivity index (χ0n) is 11.4. The summed E-state index contributed by atoms with van der Waals surface area (Å²) in [5.41, 5.74) is 1.46. The Bertz CT molecular complexity index is 272. The first-order valence-corrected chi connectivity index (χ1v) is 6.44. The van der Waals surface area contributed by atoms with Gasteiger partial charge < -0.3 is 4.90 Å². The molecule has 1 aromatic rings. The Kier molecular flexibility index (Phi) is 9.47. The molecule has 0 aliphatic carbocycles. The van der Waals surface area contributed by atoms with Crippen molar-refractivity contribution in [3.05, 3.63) is 35.9 Å². The molecule has 0 heterocycles. The van der Waals surface area contributed by atoms with Gasteiger partial charge in [0.15, 0.2) is 0 Å². The first-order chi connectivity index (χ1) is 7.74. The Morgan fingerprint density at radius 1 is 1.06 bits per heavy atom. The fraction of sp³-hybridized carbons (Fsp3) is 0.600. The lowest BCUT2D eigenvalue weighted by atomic mass is 10.00. The van der Waals surface area contributed by atoms with E-state index in [9.17, 15) is 0 Å². The second kappa shape index (κ2) is 9.67. The summed E-state index contributed by atoms with van der Waals surface area (Å²) in [6, 6.07) is 11.5. The quantitative estimate of drug-likeness (QED) is 0.678. The van der Waals surface area contributed by atoms with Crippen molar-refractivity contribution < 1.29 is 0 Å². The van der Waals surface area contributed by atoms with Gasteiger partial charge in [0.25, 0.3) is 0 Å². The minimum Gasteiger partial charge on any atom is -0.306 e. The largest absolute Gasteiger partial charge is 0.306 e. The van der Waals surface area contributed by atoms with Crippen molar-refractivity contribution in [1.82, 2.24) is 4.90 Å². The predicted octanol–water partition coefficient (Wildman–Crippen LogP) is 4.32. The monoisotopic (exact) mass is 299 g/mol. The molecule has 1 aromatic carbocycles. The summed E-state index contributed by atoms with van der Waals surface area (Å²) in [6.07, 6.45) is 6.52. The lowest BCUT2D eigenvalue weighted by molar-refractivity contribution is 0.270. The van der Waals surface area contributed by atoms with E-state index in [2.05, 4.69) is 56.3 Å². The van der Waals surface area contributed by atoms with Crippen LogP contribution in [0.3, 0.4) is 0 Å². The molecule has 1 unspecified atom stereocenters. The number of rotatable bonds is 7. The molecule has 17 heavy (non-hydrogen) atoms. The molecule has 0 aliphatic heterocycles. The molecule has 1 rings (SSSR count). The average Bonchev–Trinajstić information content (AvgIpc) is 2.29. The van der Waals surface area contributed by atoms with Crippen molar-refractivity contribution >= 4 is 17.0 Å². The first-order valence-electron chi connectivity index (χ1n) is 6.44. The number of benzene rings is 1. The molecule has 1 atom stereocenters. The van der Waals surface area contributed by atoms with Gasteiger partial charge in [0, 0.05) is 6.04 Å². The van der Waals surface area contributed by atoms with Gasteiger partial charge in [0.05, 0.1) is 0 Å². The van der Waals surface area contributed by atoms with E-state index in [1.807, 2.05) is 0 Å². The zero-order chi connectivity index (χ0) is 11.8. The fourth-order valence-corrected chi connectivity index (χ4v) is 2.06. The normalized spacial score (nSPS) is 12.2. The maximum Gasteiger partial charge on any atom is 0.0130 e. The molecule has 0 bridgehead atoms. The summed E-state index contributed by atoms with van der Waals surface area (Å²) in [5.74, 6) is 0. The van der Waals surface area contributed by atoms with Gasteiger partial charge in [0.1, 0.15) is 0 Å². The summed E-state index contributed by atoms with van der Waals surface area (Å²) in [6.45, 7) is 2.27. The minimum atomic E-state index is 0. The van der Waals surface area contributed by atoms with E-state index in [1.165, 1.54) is 37.7 Å². The molecular weight excluding hydrogens is 274 g/mol. The maximum absolute atomic E-state index is 2.36. The van der Waals surface area contributed by atoms with E-state index in [-0.39, 0.29) is 17.0 Å². The maximum atomic E-state index is 2.36. The third kappa shape index (κ3) is 6.85. The molecule has 0 amide bonds. The van der Waals surface area contributed by atoms with Crippen LogP contribution < -0.4 is 0 Å². The van der Waals surface area contributed by atoms with Crippen LogP contribution in [0.4, 0.5) is 0 Å². The molecule has 0 aromatic heterocycles. The van der Waals surface area contributed by atoms with Gasteiger partial charge in [-0.25, -0.2) is 0 Å². The third-order valence-corrected chi connectivity index (χ3v) is 3.19. The summed E-state index contributed by atoms with van der Waals surface area (Å²) in [7, 11) is 4.39. The molecule has 0 saturated heterocycles. The van der Waals surface area contributed by atoms with Gasteiger partial charge in [-0.2, -0.15) is 0 Å². The number of unbranched alkanes of at least 4 members (excludes halogenated alkanes) is 2. The highest BCUT2D eigenvalue weighted by Crippen LogP contribution is 2.13. The van der Waals surface area contributed by atoms with Crippen LogP contribution in [0.25, 0.3) is 0 Å². The minimum absolute atomic E-state index is 0. The Labute approximate surface area is 117 Å². The van der Waals surface area contributed by atoms with Gasteiger partial charge in [-0.15, -0.1) is 17.0 Å². The summed E-state index contributed by atoms with van der Waals surface area (Å²) >= 11 is 0. The van der Waals surface area contributed by atoms with E-state index in [0.29, 0.717) is 6.04 Å². The smallest absolute Gasteiger partial charge is 0.0130 e. The Morgan fingerprint density at radius 2 is 1.71 bits per heavy atom. The number of hydrogen-bond acceptors (Lipinski definition) is 1. The summed E-state index contributed by atoms with van der Waals surface area (Å²) in [5, 5.41) is 0. The van der Waals surface area contributed by atoms with Gasteiger partial charge in [-0.05, 0) is 32.5 Å². The first kappa shape index (κ1) is 16.7. The summed E-state index contributed by atoms with van der Waals surface area (Å²) in [4.78, 5) is 2.36. The van der Waals surface area contributed by atoms with E-state index in [1.54, 1.807) is 0 Å². The fourth-order valence-electron chi connectivity index (χ4n) is 2.06. The zero-order valence-corrected chi connectivity index (χ0v) is 13.1. The molecule has 0 N–H and O–H groups in total. The highest BCUT2D eigenvalue weighted by molar-refractivity contribution is 8.93. The van der Waals surface area contributed by atoms with Gasteiger partial charge in [-0.1, -0.05) is 56.5 Å². The van der Waals surface area contributed by atoms with Crippen molar-refractivity contribution in [1.29, 1.82) is 0 Å². The number of likely N-dealkylation sites (N-methyl/N-ethyl adjacent to an activating group) is 1. The standard InChI is InChI=1S/C15H25N.BrH/c1-4-5-7-12-15(16(2)3)13-14-10-8-6-9-11-14;/h6,8-11,15H,4-5,7,12-13H2,1-3H3;1H. The van der Waals surface area contributed by atoms with Crippen LogP contribution in [0.2, 0.25) is 0 Å². The molecule has 0 radical (unpaired) electrons. The van der Waals surface area contributed by atoms with Crippen LogP contribution in [-0.2, 0) is 6.42 Å². The lowest BCUT2D eigenvalue weighted by Crippen LogP contribution is -2.30. The van der Waals surface area contributed by atoms with Gasteiger partial charge in [-0.3, -0.25) is 0 Å². The number of hydrogen-bond donors (Lipinski definition) is 0. The Hall–Kier alpha value is -0.340. The van der Waals surface area contributed by atoms with Crippen molar-refractivity contribution in [3.8, 4) is 0 Å². The Balaban J connectivity index is 0.00000256. The summed E-state index contributed by atoms with van der Waals surface area (Å²) < 4.78 is 0. The molecule has 0 aliphatic rings. The lowest BCUT2D eigenvalue weighted by Gasteiger charge is -2.24. The van der Waals surface area contributed by atoms with Crippen LogP contribution >= 0.6 is 17.0 Å².